The van der Waals surface area contributed by atoms with Gasteiger partial charge >= 0.3 is 6.01 Å². The molecule has 0 aliphatic heterocycles. The number of nitrogens with zero attached hydrogens (tertiary/aromatic N) is 2. The Balaban J connectivity index is 1.53. The molecule has 0 radical (unpaired) electrons. The molecule has 2 aromatic carbocycles. The van der Waals surface area contributed by atoms with Crippen LogP contribution in [0.3, 0.4) is 0 Å². The number of benzene rings is 2. The van der Waals surface area contributed by atoms with E-state index >= 15 is 0 Å². The van der Waals surface area contributed by atoms with Crippen molar-refractivity contribution in [3.8, 4) is 11.5 Å². The lowest BCUT2D eigenvalue weighted by molar-refractivity contribution is -0.115. The first kappa shape index (κ1) is 18.7. The molecule has 3 aromatic rings. The van der Waals surface area contributed by atoms with Gasteiger partial charge < -0.3 is 4.42 Å². The van der Waals surface area contributed by atoms with Crippen LogP contribution in [0.15, 0.2) is 51.8 Å². The summed E-state index contributed by atoms with van der Waals surface area (Å²) in [6, 6.07) is 10.9. The average molecular weight is 412 g/mol. The molecule has 0 spiro atoms. The molecule has 0 aliphatic rings. The van der Waals surface area contributed by atoms with Crippen LogP contribution in [-0.4, -0.2) is 21.9 Å². The number of hydrogen-bond donors (Lipinski definition) is 1. The molecular weight excluding hydrogens is 400 g/mol. The number of aromatic nitrogens is 2. The molecule has 0 aliphatic carbocycles. The molecule has 0 saturated heterocycles. The van der Waals surface area contributed by atoms with E-state index in [0.29, 0.717) is 21.4 Å². The van der Waals surface area contributed by atoms with Crippen molar-refractivity contribution in [2.24, 2.45) is 0 Å². The molecule has 0 fully saturated rings. The number of carbonyl (C=O) groups excluding carboxylic acids is 1. The minimum atomic E-state index is -0.291. The summed E-state index contributed by atoms with van der Waals surface area (Å²) >= 11 is 13.3. The molecule has 26 heavy (non-hydrogen) atoms. The van der Waals surface area contributed by atoms with Crippen LogP contribution >= 0.6 is 35.0 Å². The van der Waals surface area contributed by atoms with E-state index in [0.717, 1.165) is 4.90 Å². The Labute approximate surface area is 162 Å². The molecule has 5 nitrogen and oxygen atoms in total. The summed E-state index contributed by atoms with van der Waals surface area (Å²) in [5.74, 6) is 0.173. The fraction of sp³-hybridized carbons (Fsp3) is 0.118. The highest BCUT2D eigenvalue weighted by Crippen LogP contribution is 2.27. The maximum Gasteiger partial charge on any atom is 0.322 e. The van der Waals surface area contributed by atoms with E-state index in [1.54, 1.807) is 30.3 Å². The Morgan fingerprint density at radius 3 is 2.50 bits per heavy atom. The van der Waals surface area contributed by atoms with Crippen molar-refractivity contribution in [2.45, 2.75) is 11.3 Å². The second kappa shape index (κ2) is 8.53. The normalized spacial score (nSPS) is 10.7. The van der Waals surface area contributed by atoms with Crippen molar-refractivity contribution in [2.75, 3.05) is 11.1 Å². The lowest BCUT2D eigenvalue weighted by Gasteiger charge is -2.02. The standard InChI is InChI=1S/C17H12Cl2FN3O2S/c18-11-7-10(8-12(19)9-11)16-22-23-17(25-16)21-15(24)5-6-26-14-3-1-13(20)2-4-14/h1-4,7-9H,5-6H2,(H,21,23,24). The van der Waals surface area contributed by atoms with Crippen LogP contribution in [0.5, 0.6) is 0 Å². The number of halogens is 3. The monoisotopic (exact) mass is 411 g/mol. The van der Waals surface area contributed by atoms with E-state index in [-0.39, 0.29) is 30.1 Å². The molecule has 0 atom stereocenters. The van der Waals surface area contributed by atoms with Gasteiger partial charge in [-0.3, -0.25) is 10.1 Å². The second-order valence-corrected chi connectivity index (χ2v) is 7.21. The largest absolute Gasteiger partial charge is 0.403 e. The minimum Gasteiger partial charge on any atom is -0.403 e. The first-order valence-corrected chi connectivity index (χ1v) is 9.22. The molecule has 1 aromatic heterocycles. The van der Waals surface area contributed by atoms with Crippen molar-refractivity contribution < 1.29 is 13.6 Å². The van der Waals surface area contributed by atoms with E-state index in [1.807, 2.05) is 0 Å². The van der Waals surface area contributed by atoms with Gasteiger partial charge in [0.25, 0.3) is 0 Å². The van der Waals surface area contributed by atoms with Crippen LogP contribution in [-0.2, 0) is 4.79 Å². The molecule has 0 bridgehead atoms. The van der Waals surface area contributed by atoms with Gasteiger partial charge in [0.15, 0.2) is 0 Å². The first-order chi connectivity index (χ1) is 12.5. The molecule has 134 valence electrons. The Morgan fingerprint density at radius 1 is 1.12 bits per heavy atom. The van der Waals surface area contributed by atoms with E-state index in [1.165, 1.54) is 23.9 Å². The highest BCUT2D eigenvalue weighted by Gasteiger charge is 2.12. The van der Waals surface area contributed by atoms with Crippen LogP contribution in [0.2, 0.25) is 10.0 Å². The number of thioether (sulfide) groups is 1. The third-order valence-electron chi connectivity index (χ3n) is 3.19. The molecule has 0 unspecified atom stereocenters. The van der Waals surface area contributed by atoms with Crippen molar-refractivity contribution in [1.82, 2.24) is 10.2 Å². The smallest absolute Gasteiger partial charge is 0.322 e. The SMILES string of the molecule is O=C(CCSc1ccc(F)cc1)Nc1nnc(-c2cc(Cl)cc(Cl)c2)o1. The predicted molar refractivity (Wildman–Crippen MR) is 100 cm³/mol. The summed E-state index contributed by atoms with van der Waals surface area (Å²) in [6.45, 7) is 0. The lowest BCUT2D eigenvalue weighted by atomic mass is 10.2. The zero-order chi connectivity index (χ0) is 18.5. The Kier molecular flexibility index (Phi) is 6.13. The zero-order valence-electron chi connectivity index (χ0n) is 13.2. The van der Waals surface area contributed by atoms with Crippen LogP contribution in [0.1, 0.15) is 6.42 Å². The van der Waals surface area contributed by atoms with Crippen molar-refractivity contribution >= 4 is 46.9 Å². The van der Waals surface area contributed by atoms with E-state index in [9.17, 15) is 9.18 Å². The molecule has 1 N–H and O–H groups in total. The predicted octanol–water partition coefficient (Wildman–Crippen LogP) is 5.30. The molecule has 1 heterocycles. The van der Waals surface area contributed by atoms with E-state index in [2.05, 4.69) is 15.5 Å². The maximum absolute atomic E-state index is 12.8. The van der Waals surface area contributed by atoms with Crippen LogP contribution in [0, 0.1) is 5.82 Å². The number of amides is 1. The van der Waals surface area contributed by atoms with Gasteiger partial charge in [-0.25, -0.2) is 4.39 Å². The summed E-state index contributed by atoms with van der Waals surface area (Å²) in [5.41, 5.74) is 0.558. The van der Waals surface area contributed by atoms with Gasteiger partial charge in [0.05, 0.1) is 0 Å². The topological polar surface area (TPSA) is 68.0 Å². The Morgan fingerprint density at radius 2 is 1.81 bits per heavy atom. The van der Waals surface area contributed by atoms with E-state index in [4.69, 9.17) is 27.6 Å². The quantitative estimate of drug-likeness (QED) is 0.557. The molecular formula is C17H12Cl2FN3O2S. The number of hydrogen-bond acceptors (Lipinski definition) is 5. The summed E-state index contributed by atoms with van der Waals surface area (Å²) in [4.78, 5) is 12.8. The Hall–Kier alpha value is -2.09. The second-order valence-electron chi connectivity index (χ2n) is 5.17. The third-order valence-corrected chi connectivity index (χ3v) is 4.64. The van der Waals surface area contributed by atoms with E-state index < -0.39 is 0 Å². The number of anilines is 1. The number of rotatable bonds is 6. The highest BCUT2D eigenvalue weighted by atomic mass is 35.5. The fourth-order valence-electron chi connectivity index (χ4n) is 2.04. The summed E-state index contributed by atoms with van der Waals surface area (Å²) < 4.78 is 18.2. The van der Waals surface area contributed by atoms with Crippen LogP contribution in [0.25, 0.3) is 11.5 Å². The Bertz CT molecular complexity index is 898. The van der Waals surface area contributed by atoms with Crippen molar-refractivity contribution in [3.63, 3.8) is 0 Å². The van der Waals surface area contributed by atoms with Gasteiger partial charge in [-0.1, -0.05) is 28.3 Å². The van der Waals surface area contributed by atoms with Gasteiger partial charge in [0.2, 0.25) is 11.8 Å². The maximum atomic E-state index is 12.8. The molecule has 1 amide bonds. The summed E-state index contributed by atoms with van der Waals surface area (Å²) in [5, 5.41) is 11.1. The van der Waals surface area contributed by atoms with Crippen LogP contribution in [0.4, 0.5) is 10.4 Å². The van der Waals surface area contributed by atoms with Gasteiger partial charge in [-0.05, 0) is 42.5 Å². The van der Waals surface area contributed by atoms with Crippen molar-refractivity contribution in [3.05, 3.63) is 58.3 Å². The van der Waals surface area contributed by atoms with Crippen LogP contribution < -0.4 is 5.32 Å². The van der Waals surface area contributed by atoms with Crippen molar-refractivity contribution in [1.29, 1.82) is 0 Å². The van der Waals surface area contributed by atoms with Gasteiger partial charge in [0, 0.05) is 32.7 Å². The first-order valence-electron chi connectivity index (χ1n) is 7.48. The highest BCUT2D eigenvalue weighted by molar-refractivity contribution is 7.99. The zero-order valence-corrected chi connectivity index (χ0v) is 15.5. The van der Waals surface area contributed by atoms with Gasteiger partial charge in [-0.2, -0.15) is 0 Å². The van der Waals surface area contributed by atoms with Gasteiger partial charge in [0.1, 0.15) is 5.82 Å². The molecule has 9 heteroatoms. The molecule has 0 saturated carbocycles. The van der Waals surface area contributed by atoms with Gasteiger partial charge in [-0.15, -0.1) is 16.9 Å². The fourth-order valence-corrected chi connectivity index (χ4v) is 3.42. The lowest BCUT2D eigenvalue weighted by Crippen LogP contribution is -2.12. The number of carbonyl (C=O) groups is 1. The summed E-state index contributed by atoms with van der Waals surface area (Å²) in [6.07, 6.45) is 0.239. The molecule has 3 rings (SSSR count). The third kappa shape index (κ3) is 5.20. The number of nitrogens with one attached hydrogen (secondary N) is 1. The summed E-state index contributed by atoms with van der Waals surface area (Å²) in [7, 11) is 0. The average Bonchev–Trinajstić information content (AvgIpc) is 3.04. The minimum absolute atomic E-state index is 0.00659.